The van der Waals surface area contributed by atoms with Gasteiger partial charge in [-0.1, -0.05) is 24.3 Å². The van der Waals surface area contributed by atoms with Crippen LogP contribution >= 0.6 is 0 Å². The molecule has 8 heteroatoms. The van der Waals surface area contributed by atoms with Gasteiger partial charge in [0, 0.05) is 13.2 Å². The Kier molecular flexibility index (Phi) is 5.97. The predicted octanol–water partition coefficient (Wildman–Crippen LogP) is 4.40. The summed E-state index contributed by atoms with van der Waals surface area (Å²) in [6, 6.07) is 5.61. The largest absolute Gasteiger partial charge is 0.391 e. The smallest absolute Gasteiger partial charge is 0.369 e. The molecule has 0 unspecified atom stereocenters. The van der Waals surface area contributed by atoms with Crippen LogP contribution < -0.4 is 5.19 Å². The molecule has 0 saturated carbocycles. The van der Waals surface area contributed by atoms with Gasteiger partial charge in [0.1, 0.15) is 0 Å². The van der Waals surface area contributed by atoms with E-state index in [1.54, 1.807) is 0 Å². The van der Waals surface area contributed by atoms with Crippen LogP contribution in [-0.4, -0.2) is 21.8 Å². The minimum Gasteiger partial charge on any atom is -0.391 e. The summed E-state index contributed by atoms with van der Waals surface area (Å²) in [4.78, 5) is 0. The lowest BCUT2D eigenvalue weighted by molar-refractivity contribution is 0.202. The molecule has 0 spiro atoms. The molecule has 2 aromatic rings. The topological polar surface area (TPSA) is 18.5 Å². The van der Waals surface area contributed by atoms with E-state index in [1.165, 1.54) is 24.3 Å². The first-order valence-corrected chi connectivity index (χ1v) is 9.98. The van der Waals surface area contributed by atoms with Crippen LogP contribution in [0, 0.1) is 29.1 Å². The van der Waals surface area contributed by atoms with Crippen molar-refractivity contribution < 1.29 is 30.8 Å². The molecule has 0 aromatic heterocycles. The van der Waals surface area contributed by atoms with Gasteiger partial charge in [0.25, 0.3) is 0 Å². The highest BCUT2D eigenvalue weighted by Crippen LogP contribution is 2.31. The van der Waals surface area contributed by atoms with Crippen molar-refractivity contribution in [3.63, 3.8) is 0 Å². The minimum atomic E-state index is -2.70. The lowest BCUT2D eigenvalue weighted by Crippen LogP contribution is -2.51. The highest BCUT2D eigenvalue weighted by molar-refractivity contribution is 6.79. The number of rotatable bonds is 6. The summed E-state index contributed by atoms with van der Waals surface area (Å²) in [5.74, 6) is -9.85. The van der Waals surface area contributed by atoms with Crippen molar-refractivity contribution in [3.8, 4) is 11.1 Å². The Balaban J connectivity index is 2.51. The van der Waals surface area contributed by atoms with Gasteiger partial charge < -0.3 is 8.85 Å². The standard InChI is InChI=1S/C17H17F5O2Si/c1-4-23-25(3,24-5-2)11-8-6-10(7-9-11)12-13(18)15(20)17(22)16(21)14(12)19/h6-9H,4-5H2,1-3H3. The van der Waals surface area contributed by atoms with Crippen LogP contribution in [0.5, 0.6) is 0 Å². The van der Waals surface area contributed by atoms with Crippen LogP contribution in [0.3, 0.4) is 0 Å². The van der Waals surface area contributed by atoms with Gasteiger partial charge in [0.2, 0.25) is 5.82 Å². The zero-order chi connectivity index (χ0) is 18.8. The molecule has 0 fully saturated rings. The molecule has 0 heterocycles. The molecule has 0 N–H and O–H groups in total. The van der Waals surface area contributed by atoms with Gasteiger partial charge in [-0.05, 0) is 31.1 Å². The maximum absolute atomic E-state index is 13.9. The van der Waals surface area contributed by atoms with E-state index in [2.05, 4.69) is 0 Å². The van der Waals surface area contributed by atoms with Gasteiger partial charge in [-0.15, -0.1) is 0 Å². The first-order valence-electron chi connectivity index (χ1n) is 7.67. The molecule has 0 aliphatic carbocycles. The van der Waals surface area contributed by atoms with Crippen LogP contribution in [0.2, 0.25) is 6.55 Å². The number of hydrogen-bond donors (Lipinski definition) is 0. The molecule has 0 amide bonds. The lowest BCUT2D eigenvalue weighted by Gasteiger charge is -2.26. The van der Waals surface area contributed by atoms with E-state index in [-0.39, 0.29) is 5.56 Å². The van der Waals surface area contributed by atoms with Gasteiger partial charge in [-0.25, -0.2) is 22.0 Å². The fourth-order valence-corrected chi connectivity index (χ4v) is 4.85. The van der Waals surface area contributed by atoms with E-state index in [1.807, 2.05) is 20.4 Å². The van der Waals surface area contributed by atoms with Crippen LogP contribution in [0.4, 0.5) is 22.0 Å². The molecular weight excluding hydrogens is 359 g/mol. The van der Waals surface area contributed by atoms with E-state index in [0.29, 0.717) is 18.4 Å². The van der Waals surface area contributed by atoms with Crippen LogP contribution in [0.15, 0.2) is 24.3 Å². The summed E-state index contributed by atoms with van der Waals surface area (Å²) in [5.41, 5.74) is -1.08. The van der Waals surface area contributed by atoms with E-state index in [9.17, 15) is 22.0 Å². The van der Waals surface area contributed by atoms with Crippen molar-refractivity contribution in [1.29, 1.82) is 0 Å². The quantitative estimate of drug-likeness (QED) is 0.322. The molecule has 2 rings (SSSR count). The Morgan fingerprint density at radius 2 is 1.12 bits per heavy atom. The van der Waals surface area contributed by atoms with Crippen LogP contribution in [-0.2, 0) is 8.85 Å². The van der Waals surface area contributed by atoms with E-state index in [4.69, 9.17) is 8.85 Å². The van der Waals surface area contributed by atoms with Crippen molar-refractivity contribution >= 4 is 13.7 Å². The Hall–Kier alpha value is -1.77. The first kappa shape index (κ1) is 19.6. The zero-order valence-corrected chi connectivity index (χ0v) is 14.9. The van der Waals surface area contributed by atoms with Crippen molar-refractivity contribution in [3.05, 3.63) is 53.4 Å². The summed E-state index contributed by atoms with van der Waals surface area (Å²) in [6.45, 7) is 6.28. The minimum absolute atomic E-state index is 0.124. The summed E-state index contributed by atoms with van der Waals surface area (Å²) in [6.07, 6.45) is 0. The molecule has 0 aliphatic rings. The van der Waals surface area contributed by atoms with Gasteiger partial charge in [-0.3, -0.25) is 0 Å². The van der Waals surface area contributed by atoms with Crippen molar-refractivity contribution in [1.82, 2.24) is 0 Å². The summed E-state index contributed by atoms with van der Waals surface area (Å²) in [5, 5.41) is 0.684. The molecule has 0 radical (unpaired) electrons. The van der Waals surface area contributed by atoms with Crippen LogP contribution in [0.25, 0.3) is 11.1 Å². The van der Waals surface area contributed by atoms with Gasteiger partial charge >= 0.3 is 8.56 Å². The third-order valence-electron chi connectivity index (χ3n) is 3.75. The first-order chi connectivity index (χ1) is 11.8. The monoisotopic (exact) mass is 376 g/mol. The number of benzene rings is 2. The molecule has 136 valence electrons. The highest BCUT2D eigenvalue weighted by Gasteiger charge is 2.34. The van der Waals surface area contributed by atoms with Gasteiger partial charge in [0.05, 0.1) is 5.56 Å². The second-order valence-corrected chi connectivity index (χ2v) is 8.38. The van der Waals surface area contributed by atoms with Gasteiger partial charge in [-0.2, -0.15) is 0 Å². The molecule has 2 aromatic carbocycles. The maximum atomic E-state index is 13.9. The lowest BCUT2D eigenvalue weighted by atomic mass is 10.0. The average Bonchev–Trinajstić information content (AvgIpc) is 2.59. The van der Waals surface area contributed by atoms with Gasteiger partial charge in [0.15, 0.2) is 23.3 Å². The zero-order valence-electron chi connectivity index (χ0n) is 13.9. The SMILES string of the molecule is CCO[Si](C)(OCC)c1ccc(-c2c(F)c(F)c(F)c(F)c2F)cc1. The Labute approximate surface area is 143 Å². The number of hydrogen-bond acceptors (Lipinski definition) is 2. The summed E-state index contributed by atoms with van der Waals surface area (Å²) < 4.78 is 79.1. The molecule has 0 saturated heterocycles. The third kappa shape index (κ3) is 3.60. The normalized spacial score (nSPS) is 11.8. The summed E-state index contributed by atoms with van der Waals surface area (Å²) in [7, 11) is -2.70. The Bertz CT molecular complexity index is 730. The number of halogens is 5. The molecule has 2 nitrogen and oxygen atoms in total. The van der Waals surface area contributed by atoms with E-state index < -0.39 is 43.2 Å². The second kappa shape index (κ2) is 7.63. The Morgan fingerprint density at radius 1 is 0.720 bits per heavy atom. The van der Waals surface area contributed by atoms with Crippen molar-refractivity contribution in [2.75, 3.05) is 13.2 Å². The Morgan fingerprint density at radius 3 is 1.52 bits per heavy atom. The maximum Gasteiger partial charge on any atom is 0.369 e. The highest BCUT2D eigenvalue weighted by atomic mass is 28.4. The molecule has 0 atom stereocenters. The summed E-state index contributed by atoms with van der Waals surface area (Å²) >= 11 is 0. The molecular formula is C17H17F5O2Si. The average molecular weight is 376 g/mol. The van der Waals surface area contributed by atoms with E-state index in [0.717, 1.165) is 0 Å². The third-order valence-corrected chi connectivity index (χ3v) is 6.81. The van der Waals surface area contributed by atoms with E-state index >= 15 is 0 Å². The van der Waals surface area contributed by atoms with Crippen molar-refractivity contribution in [2.24, 2.45) is 0 Å². The molecule has 25 heavy (non-hydrogen) atoms. The fraction of sp³-hybridized carbons (Fsp3) is 0.294. The fourth-order valence-electron chi connectivity index (χ4n) is 2.56. The molecule has 0 bridgehead atoms. The van der Waals surface area contributed by atoms with Crippen molar-refractivity contribution in [2.45, 2.75) is 20.4 Å². The predicted molar refractivity (Wildman–Crippen MR) is 86.2 cm³/mol. The molecule has 0 aliphatic heterocycles. The second-order valence-electron chi connectivity index (χ2n) is 5.33. The van der Waals surface area contributed by atoms with Crippen LogP contribution in [0.1, 0.15) is 13.8 Å².